The predicted molar refractivity (Wildman–Crippen MR) is 79.6 cm³/mol. The second-order valence-electron chi connectivity index (χ2n) is 5.54. The van der Waals surface area contributed by atoms with E-state index in [4.69, 9.17) is 0 Å². The van der Waals surface area contributed by atoms with Crippen LogP contribution in [0.4, 0.5) is 0 Å². The van der Waals surface area contributed by atoms with Gasteiger partial charge >= 0.3 is 5.97 Å². The summed E-state index contributed by atoms with van der Waals surface area (Å²) < 4.78 is 0. The second-order valence-corrected chi connectivity index (χ2v) is 5.54. The van der Waals surface area contributed by atoms with E-state index in [-0.39, 0.29) is 12.1 Å². The number of hydrogen-bond donors (Lipinski definition) is 3. The Labute approximate surface area is 127 Å². The molecular formula is C16H17N3O3. The third kappa shape index (κ3) is 3.33. The van der Waals surface area contributed by atoms with Gasteiger partial charge in [0.05, 0.1) is 0 Å². The van der Waals surface area contributed by atoms with E-state index in [0.29, 0.717) is 5.92 Å². The average Bonchev–Trinajstić information content (AvgIpc) is 3.24. The number of nitrogens with one attached hydrogen (secondary N) is 2. The molecule has 1 aliphatic carbocycles. The molecule has 3 N–H and O–H groups in total. The molecule has 1 aliphatic rings. The average molecular weight is 299 g/mol. The van der Waals surface area contributed by atoms with Crippen LogP contribution in [-0.2, 0) is 11.2 Å². The van der Waals surface area contributed by atoms with E-state index in [0.717, 1.165) is 24.1 Å². The number of carboxylic acids is 1. The van der Waals surface area contributed by atoms with Crippen molar-refractivity contribution in [2.24, 2.45) is 0 Å². The number of aliphatic carboxylic acids is 1. The zero-order valence-electron chi connectivity index (χ0n) is 12.0. The van der Waals surface area contributed by atoms with Gasteiger partial charge in [0.25, 0.3) is 5.91 Å². The van der Waals surface area contributed by atoms with Crippen LogP contribution in [0.5, 0.6) is 0 Å². The SMILES string of the molecule is O=C(N[C@@H](Cc1ccccc1)C(=O)O)c1cc(C2CC2)[nH]n1. The molecule has 1 aromatic carbocycles. The highest BCUT2D eigenvalue weighted by molar-refractivity contribution is 5.95. The molecule has 114 valence electrons. The first-order valence-corrected chi connectivity index (χ1v) is 7.26. The fraction of sp³-hybridized carbons (Fsp3) is 0.312. The summed E-state index contributed by atoms with van der Waals surface area (Å²) in [5, 5.41) is 18.6. The number of rotatable bonds is 6. The van der Waals surface area contributed by atoms with Gasteiger partial charge in [-0.2, -0.15) is 5.10 Å². The van der Waals surface area contributed by atoms with Crippen LogP contribution in [0.25, 0.3) is 0 Å². The summed E-state index contributed by atoms with van der Waals surface area (Å²) in [6.07, 6.45) is 2.45. The fourth-order valence-corrected chi connectivity index (χ4v) is 2.34. The Morgan fingerprint density at radius 1 is 1.32 bits per heavy atom. The zero-order chi connectivity index (χ0) is 15.5. The third-order valence-corrected chi connectivity index (χ3v) is 3.73. The molecule has 1 heterocycles. The highest BCUT2D eigenvalue weighted by atomic mass is 16.4. The van der Waals surface area contributed by atoms with Crippen molar-refractivity contribution in [1.29, 1.82) is 0 Å². The Kier molecular flexibility index (Phi) is 3.91. The molecule has 1 aromatic heterocycles. The van der Waals surface area contributed by atoms with Gasteiger partial charge < -0.3 is 10.4 Å². The van der Waals surface area contributed by atoms with Crippen LogP contribution >= 0.6 is 0 Å². The quantitative estimate of drug-likeness (QED) is 0.756. The number of carboxylic acid groups (broad SMARTS) is 1. The summed E-state index contributed by atoms with van der Waals surface area (Å²) in [7, 11) is 0. The van der Waals surface area contributed by atoms with Crippen LogP contribution in [0.1, 0.15) is 40.5 Å². The molecular weight excluding hydrogens is 282 g/mol. The van der Waals surface area contributed by atoms with Gasteiger partial charge in [-0.15, -0.1) is 0 Å². The van der Waals surface area contributed by atoms with Gasteiger partial charge in [-0.25, -0.2) is 4.79 Å². The van der Waals surface area contributed by atoms with Crippen LogP contribution in [0, 0.1) is 0 Å². The Balaban J connectivity index is 1.67. The van der Waals surface area contributed by atoms with E-state index >= 15 is 0 Å². The molecule has 6 nitrogen and oxygen atoms in total. The highest BCUT2D eigenvalue weighted by Gasteiger charge is 2.27. The summed E-state index contributed by atoms with van der Waals surface area (Å²) >= 11 is 0. The number of aromatic amines is 1. The molecule has 0 radical (unpaired) electrons. The van der Waals surface area contributed by atoms with E-state index in [1.54, 1.807) is 6.07 Å². The van der Waals surface area contributed by atoms with Crippen LogP contribution in [0.3, 0.4) is 0 Å². The Bertz CT molecular complexity index is 677. The van der Waals surface area contributed by atoms with Crippen LogP contribution in [0.15, 0.2) is 36.4 Å². The lowest BCUT2D eigenvalue weighted by atomic mass is 10.1. The number of hydrogen-bond acceptors (Lipinski definition) is 3. The minimum Gasteiger partial charge on any atom is -0.480 e. The van der Waals surface area contributed by atoms with Gasteiger partial charge in [-0.3, -0.25) is 9.89 Å². The van der Waals surface area contributed by atoms with Gasteiger partial charge in [-0.05, 0) is 24.5 Å². The lowest BCUT2D eigenvalue weighted by Crippen LogP contribution is -2.42. The normalized spacial score (nSPS) is 15.3. The maximum atomic E-state index is 12.1. The summed E-state index contributed by atoms with van der Waals surface area (Å²) in [4.78, 5) is 23.5. The zero-order valence-corrected chi connectivity index (χ0v) is 12.0. The van der Waals surface area contributed by atoms with Crippen molar-refractivity contribution in [3.63, 3.8) is 0 Å². The lowest BCUT2D eigenvalue weighted by molar-refractivity contribution is -0.139. The van der Waals surface area contributed by atoms with Crippen molar-refractivity contribution in [3.8, 4) is 0 Å². The number of benzene rings is 1. The first kappa shape index (κ1) is 14.3. The Morgan fingerprint density at radius 2 is 2.05 bits per heavy atom. The molecule has 0 saturated heterocycles. The van der Waals surface area contributed by atoms with Gasteiger partial charge in [0.1, 0.15) is 11.7 Å². The molecule has 0 aliphatic heterocycles. The molecule has 0 unspecified atom stereocenters. The molecule has 1 amide bonds. The van der Waals surface area contributed by atoms with Crippen molar-refractivity contribution in [2.75, 3.05) is 0 Å². The summed E-state index contributed by atoms with van der Waals surface area (Å²) in [6, 6.07) is 9.94. The summed E-state index contributed by atoms with van der Waals surface area (Å²) in [5.74, 6) is -1.06. The second kappa shape index (κ2) is 6.01. The molecule has 1 atom stereocenters. The fourth-order valence-electron chi connectivity index (χ4n) is 2.34. The van der Waals surface area contributed by atoms with Gasteiger partial charge in [0.15, 0.2) is 0 Å². The van der Waals surface area contributed by atoms with Crippen LogP contribution < -0.4 is 5.32 Å². The monoisotopic (exact) mass is 299 g/mol. The molecule has 22 heavy (non-hydrogen) atoms. The maximum absolute atomic E-state index is 12.1. The number of amides is 1. The van der Waals surface area contributed by atoms with Gasteiger partial charge in [0, 0.05) is 18.0 Å². The smallest absolute Gasteiger partial charge is 0.326 e. The van der Waals surface area contributed by atoms with Crippen molar-refractivity contribution < 1.29 is 14.7 Å². The minimum atomic E-state index is -1.06. The highest BCUT2D eigenvalue weighted by Crippen LogP contribution is 2.38. The largest absolute Gasteiger partial charge is 0.480 e. The van der Waals surface area contributed by atoms with Crippen molar-refractivity contribution in [1.82, 2.24) is 15.5 Å². The predicted octanol–water partition coefficient (Wildman–Crippen LogP) is 1.71. The van der Waals surface area contributed by atoms with Crippen LogP contribution in [0.2, 0.25) is 0 Å². The van der Waals surface area contributed by atoms with Crippen molar-refractivity contribution >= 4 is 11.9 Å². The third-order valence-electron chi connectivity index (χ3n) is 3.73. The van der Waals surface area contributed by atoms with E-state index in [1.165, 1.54) is 0 Å². The maximum Gasteiger partial charge on any atom is 0.326 e. The molecule has 0 bridgehead atoms. The lowest BCUT2D eigenvalue weighted by Gasteiger charge is -2.13. The van der Waals surface area contributed by atoms with E-state index in [2.05, 4.69) is 15.5 Å². The van der Waals surface area contributed by atoms with E-state index in [1.807, 2.05) is 30.3 Å². The van der Waals surface area contributed by atoms with Gasteiger partial charge in [0.2, 0.25) is 0 Å². The minimum absolute atomic E-state index is 0.237. The number of carbonyl (C=O) groups excluding carboxylic acids is 1. The summed E-state index contributed by atoms with van der Waals surface area (Å²) in [6.45, 7) is 0. The van der Waals surface area contributed by atoms with E-state index in [9.17, 15) is 14.7 Å². The van der Waals surface area contributed by atoms with Crippen molar-refractivity contribution in [2.45, 2.75) is 31.2 Å². The molecule has 1 saturated carbocycles. The Hall–Kier alpha value is -2.63. The summed E-state index contributed by atoms with van der Waals surface area (Å²) in [5.41, 5.74) is 2.04. The number of aromatic nitrogens is 2. The first-order valence-electron chi connectivity index (χ1n) is 7.26. The van der Waals surface area contributed by atoms with Gasteiger partial charge in [-0.1, -0.05) is 30.3 Å². The molecule has 2 aromatic rings. The van der Waals surface area contributed by atoms with Crippen LogP contribution in [-0.4, -0.2) is 33.2 Å². The number of carbonyl (C=O) groups is 2. The topological polar surface area (TPSA) is 95.1 Å². The molecule has 3 rings (SSSR count). The molecule has 1 fully saturated rings. The number of nitrogens with zero attached hydrogens (tertiary/aromatic N) is 1. The van der Waals surface area contributed by atoms with Crippen molar-refractivity contribution in [3.05, 3.63) is 53.3 Å². The molecule has 6 heteroatoms. The molecule has 0 spiro atoms. The van der Waals surface area contributed by atoms with E-state index < -0.39 is 17.9 Å². The standard InChI is InChI=1S/C16H17N3O3/c20-15(13-9-12(18-19-13)11-6-7-11)17-14(16(21)22)8-10-4-2-1-3-5-10/h1-5,9,11,14H,6-8H2,(H,17,20)(H,18,19)(H,21,22)/t14-/m0/s1. The first-order chi connectivity index (χ1) is 10.6. The Morgan fingerprint density at radius 3 is 2.68 bits per heavy atom. The number of H-pyrrole nitrogens is 1.